The third-order valence-electron chi connectivity index (χ3n) is 4.30. The molecule has 0 heterocycles. The van der Waals surface area contributed by atoms with Gasteiger partial charge in [0.15, 0.2) is 0 Å². The van der Waals surface area contributed by atoms with Gasteiger partial charge in [-0.3, -0.25) is 0 Å². The average Bonchev–Trinajstić information content (AvgIpc) is 2.72. The van der Waals surface area contributed by atoms with Crippen LogP contribution in [0.4, 0.5) is 4.39 Å². The van der Waals surface area contributed by atoms with E-state index in [0.29, 0.717) is 19.8 Å². The second-order valence-electron chi connectivity index (χ2n) is 6.33. The molecule has 1 atom stereocenters. The molecule has 28 heavy (non-hydrogen) atoms. The monoisotopic (exact) mass is 380 g/mol. The fourth-order valence-electron chi connectivity index (χ4n) is 2.99. The molecule has 146 valence electrons. The molecular weight excluding hydrogens is 355 g/mol. The van der Waals surface area contributed by atoms with Gasteiger partial charge in [0, 0.05) is 6.61 Å². The number of benzene rings is 3. The Hall–Kier alpha value is -2.85. The highest BCUT2D eigenvalue weighted by molar-refractivity contribution is 5.37. The summed E-state index contributed by atoms with van der Waals surface area (Å²) in [4.78, 5) is 0. The summed E-state index contributed by atoms with van der Waals surface area (Å²) in [7, 11) is 0. The summed E-state index contributed by atoms with van der Waals surface area (Å²) in [6, 6.07) is 22.2. The van der Waals surface area contributed by atoms with Gasteiger partial charge in [0.05, 0.1) is 6.61 Å². The van der Waals surface area contributed by atoms with Gasteiger partial charge in [-0.25, -0.2) is 4.39 Å². The van der Waals surface area contributed by atoms with Crippen LogP contribution in [0.25, 0.3) is 0 Å². The molecule has 3 nitrogen and oxygen atoms in total. The molecule has 0 radical (unpaired) electrons. The van der Waals surface area contributed by atoms with Crippen LogP contribution in [0, 0.1) is 5.82 Å². The minimum absolute atomic E-state index is 0.155. The molecule has 0 saturated heterocycles. The van der Waals surface area contributed by atoms with Gasteiger partial charge in [0.25, 0.3) is 0 Å². The van der Waals surface area contributed by atoms with Crippen LogP contribution in [0.2, 0.25) is 0 Å². The molecule has 0 spiro atoms. The number of ether oxygens (including phenoxy) is 3. The van der Waals surface area contributed by atoms with Gasteiger partial charge >= 0.3 is 0 Å². The van der Waals surface area contributed by atoms with Gasteiger partial charge in [-0.15, -0.1) is 0 Å². The van der Waals surface area contributed by atoms with Crippen molar-refractivity contribution in [3.05, 3.63) is 95.3 Å². The molecule has 3 aromatic carbocycles. The van der Waals surface area contributed by atoms with Crippen LogP contribution in [0.5, 0.6) is 11.5 Å². The predicted molar refractivity (Wildman–Crippen MR) is 108 cm³/mol. The maximum Gasteiger partial charge on any atom is 0.123 e. The molecule has 0 amide bonds. The third kappa shape index (κ3) is 5.33. The normalized spacial score (nSPS) is 11.8. The van der Waals surface area contributed by atoms with Crippen molar-refractivity contribution >= 4 is 0 Å². The zero-order valence-electron chi connectivity index (χ0n) is 16.2. The quantitative estimate of drug-likeness (QED) is 0.460. The number of halogens is 1. The Morgan fingerprint density at radius 3 is 1.89 bits per heavy atom. The largest absolute Gasteiger partial charge is 0.494 e. The van der Waals surface area contributed by atoms with Crippen LogP contribution in [0.1, 0.15) is 36.6 Å². The van der Waals surface area contributed by atoms with Gasteiger partial charge < -0.3 is 14.2 Å². The summed E-state index contributed by atoms with van der Waals surface area (Å²) in [5.41, 5.74) is 2.91. The van der Waals surface area contributed by atoms with Crippen molar-refractivity contribution in [2.75, 3.05) is 13.2 Å². The minimum Gasteiger partial charge on any atom is -0.494 e. The van der Waals surface area contributed by atoms with Crippen LogP contribution < -0.4 is 9.47 Å². The van der Waals surface area contributed by atoms with Crippen LogP contribution >= 0.6 is 0 Å². The number of hydrogen-bond acceptors (Lipinski definition) is 3. The molecule has 0 aromatic heterocycles. The first-order valence-electron chi connectivity index (χ1n) is 9.51. The number of hydrogen-bond donors (Lipinski definition) is 0. The molecule has 3 aromatic rings. The van der Waals surface area contributed by atoms with Crippen LogP contribution in [-0.2, 0) is 11.3 Å². The standard InChI is InChI=1S/C24H25FO3/c1-3-26-22-12-8-19(9-13-22)24(27-4-2)20-10-14-23(15-11-20)28-17-18-6-5-7-21(25)16-18/h5-16,24H,3-4,17H2,1-2H3. The molecule has 0 saturated carbocycles. The van der Waals surface area contributed by atoms with E-state index in [1.807, 2.05) is 68.4 Å². The summed E-state index contributed by atoms with van der Waals surface area (Å²) in [5, 5.41) is 0. The maximum absolute atomic E-state index is 13.3. The second-order valence-corrected chi connectivity index (χ2v) is 6.33. The first-order chi connectivity index (χ1) is 13.7. The molecule has 3 rings (SSSR count). The van der Waals surface area contributed by atoms with E-state index in [9.17, 15) is 4.39 Å². The van der Waals surface area contributed by atoms with Crippen molar-refractivity contribution < 1.29 is 18.6 Å². The second kappa shape index (κ2) is 9.90. The molecule has 0 bridgehead atoms. The third-order valence-corrected chi connectivity index (χ3v) is 4.30. The van der Waals surface area contributed by atoms with Gasteiger partial charge in [-0.1, -0.05) is 36.4 Å². The summed E-state index contributed by atoms with van der Waals surface area (Å²) in [6.45, 7) is 5.53. The van der Waals surface area contributed by atoms with E-state index in [-0.39, 0.29) is 11.9 Å². The smallest absolute Gasteiger partial charge is 0.123 e. The summed E-state index contributed by atoms with van der Waals surface area (Å²) in [5.74, 6) is 1.32. The average molecular weight is 380 g/mol. The van der Waals surface area contributed by atoms with Crippen molar-refractivity contribution in [3.8, 4) is 11.5 Å². The van der Waals surface area contributed by atoms with Crippen LogP contribution in [0.3, 0.4) is 0 Å². The van der Waals surface area contributed by atoms with E-state index >= 15 is 0 Å². The molecular formula is C24H25FO3. The Morgan fingerprint density at radius 1 is 0.750 bits per heavy atom. The van der Waals surface area contributed by atoms with Crippen molar-refractivity contribution in [1.82, 2.24) is 0 Å². The topological polar surface area (TPSA) is 27.7 Å². The van der Waals surface area contributed by atoms with Crippen molar-refractivity contribution in [2.45, 2.75) is 26.6 Å². The van der Waals surface area contributed by atoms with Crippen LogP contribution in [0.15, 0.2) is 72.8 Å². The maximum atomic E-state index is 13.3. The van der Waals surface area contributed by atoms with E-state index in [1.54, 1.807) is 6.07 Å². The Morgan fingerprint density at radius 2 is 1.36 bits per heavy atom. The highest BCUT2D eigenvalue weighted by atomic mass is 19.1. The van der Waals surface area contributed by atoms with Crippen molar-refractivity contribution in [2.24, 2.45) is 0 Å². The van der Waals surface area contributed by atoms with E-state index < -0.39 is 0 Å². The molecule has 0 aliphatic carbocycles. The zero-order valence-corrected chi connectivity index (χ0v) is 16.2. The highest BCUT2D eigenvalue weighted by Gasteiger charge is 2.14. The summed E-state index contributed by atoms with van der Waals surface area (Å²) >= 11 is 0. The lowest BCUT2D eigenvalue weighted by atomic mass is 10.0. The van der Waals surface area contributed by atoms with Gasteiger partial charge in [-0.05, 0) is 66.9 Å². The van der Waals surface area contributed by atoms with Crippen LogP contribution in [-0.4, -0.2) is 13.2 Å². The number of rotatable bonds is 9. The van der Waals surface area contributed by atoms with E-state index in [2.05, 4.69) is 0 Å². The summed E-state index contributed by atoms with van der Waals surface area (Å²) < 4.78 is 30.5. The Bertz CT molecular complexity index is 860. The van der Waals surface area contributed by atoms with Gasteiger partial charge in [0.2, 0.25) is 0 Å². The Balaban J connectivity index is 1.69. The first-order valence-corrected chi connectivity index (χ1v) is 9.51. The summed E-state index contributed by atoms with van der Waals surface area (Å²) in [6.07, 6.45) is -0.155. The lowest BCUT2D eigenvalue weighted by Crippen LogP contribution is -2.06. The lowest BCUT2D eigenvalue weighted by molar-refractivity contribution is 0.0912. The fraction of sp³-hybridized carbons (Fsp3) is 0.250. The van der Waals surface area contributed by atoms with E-state index in [1.165, 1.54) is 12.1 Å². The molecule has 0 aliphatic rings. The SMILES string of the molecule is CCOc1ccc(C(OCC)c2ccc(OCc3cccc(F)c3)cc2)cc1. The molecule has 0 aliphatic heterocycles. The van der Waals surface area contributed by atoms with Crippen molar-refractivity contribution in [1.29, 1.82) is 0 Å². The zero-order chi connectivity index (χ0) is 19.8. The lowest BCUT2D eigenvalue weighted by Gasteiger charge is -2.19. The van der Waals surface area contributed by atoms with Gasteiger partial charge in [0.1, 0.15) is 30.0 Å². The minimum atomic E-state index is -0.258. The van der Waals surface area contributed by atoms with Gasteiger partial charge in [-0.2, -0.15) is 0 Å². The molecule has 1 unspecified atom stereocenters. The fourth-order valence-corrected chi connectivity index (χ4v) is 2.99. The highest BCUT2D eigenvalue weighted by Crippen LogP contribution is 2.29. The van der Waals surface area contributed by atoms with E-state index in [4.69, 9.17) is 14.2 Å². The Kier molecular flexibility index (Phi) is 7.04. The molecule has 0 N–H and O–H groups in total. The molecule has 0 fully saturated rings. The molecule has 4 heteroatoms. The first kappa shape index (κ1) is 19.9. The van der Waals surface area contributed by atoms with E-state index in [0.717, 1.165) is 28.2 Å². The van der Waals surface area contributed by atoms with Crippen molar-refractivity contribution in [3.63, 3.8) is 0 Å². The Labute approximate surface area is 165 Å². The predicted octanol–water partition coefficient (Wildman–Crippen LogP) is 5.93.